The highest BCUT2D eigenvalue weighted by Gasteiger charge is 2.11. The van der Waals surface area contributed by atoms with E-state index in [-0.39, 0.29) is 11.8 Å². The van der Waals surface area contributed by atoms with E-state index in [0.717, 1.165) is 4.47 Å². The number of halogens is 1. The number of nitrogens with one attached hydrogen (secondary N) is 2. The molecule has 0 spiro atoms. The number of hydrogen-bond acceptors (Lipinski definition) is 3. The predicted molar refractivity (Wildman–Crippen MR) is 74.7 cm³/mol. The molecule has 4 nitrogen and oxygen atoms in total. The van der Waals surface area contributed by atoms with Crippen LogP contribution in [0.3, 0.4) is 0 Å². The Kier molecular flexibility index (Phi) is 5.42. The lowest BCUT2D eigenvalue weighted by Gasteiger charge is -2.11. The summed E-state index contributed by atoms with van der Waals surface area (Å²) in [5.74, 6) is 0.0620. The van der Waals surface area contributed by atoms with Gasteiger partial charge in [0.15, 0.2) is 0 Å². The van der Waals surface area contributed by atoms with Crippen molar-refractivity contribution in [1.82, 2.24) is 5.32 Å². The van der Waals surface area contributed by atoms with Gasteiger partial charge in [-0.2, -0.15) is 0 Å². The second-order valence-corrected chi connectivity index (χ2v) is 6.71. The fourth-order valence-corrected chi connectivity index (χ4v) is 2.76. The molecule has 0 bridgehead atoms. The van der Waals surface area contributed by atoms with Crippen molar-refractivity contribution < 1.29 is 8.42 Å². The number of sulfonamides is 1. The van der Waals surface area contributed by atoms with Crippen molar-refractivity contribution in [2.75, 3.05) is 17.0 Å². The molecule has 96 valence electrons. The Morgan fingerprint density at radius 3 is 2.53 bits per heavy atom. The number of anilines is 1. The highest BCUT2D eigenvalue weighted by molar-refractivity contribution is 9.10. The summed E-state index contributed by atoms with van der Waals surface area (Å²) in [4.78, 5) is 0. The molecule has 0 aliphatic rings. The molecule has 1 aromatic carbocycles. The SMILES string of the molecule is CC(C)NCCS(=O)(=O)Nc1ccccc1Br. The first-order valence-corrected chi connectivity index (χ1v) is 7.83. The van der Waals surface area contributed by atoms with Crippen LogP contribution in [0.25, 0.3) is 0 Å². The molecule has 0 saturated carbocycles. The molecular formula is C11H17BrN2O2S. The Hall–Kier alpha value is -0.590. The molecule has 0 saturated heterocycles. The summed E-state index contributed by atoms with van der Waals surface area (Å²) in [5, 5.41) is 3.07. The van der Waals surface area contributed by atoms with Gasteiger partial charge in [-0.15, -0.1) is 0 Å². The highest BCUT2D eigenvalue weighted by Crippen LogP contribution is 2.22. The van der Waals surface area contributed by atoms with Crippen LogP contribution in [-0.2, 0) is 10.0 Å². The largest absolute Gasteiger partial charge is 0.313 e. The van der Waals surface area contributed by atoms with Gasteiger partial charge in [-0.05, 0) is 28.1 Å². The van der Waals surface area contributed by atoms with Crippen molar-refractivity contribution in [3.63, 3.8) is 0 Å². The predicted octanol–water partition coefficient (Wildman–Crippen LogP) is 2.19. The van der Waals surface area contributed by atoms with Gasteiger partial charge in [0.1, 0.15) is 0 Å². The number of para-hydroxylation sites is 1. The Labute approximate surface area is 111 Å². The number of hydrogen-bond donors (Lipinski definition) is 2. The molecule has 6 heteroatoms. The molecule has 1 aromatic rings. The van der Waals surface area contributed by atoms with Gasteiger partial charge in [-0.25, -0.2) is 8.42 Å². The van der Waals surface area contributed by atoms with Crippen LogP contribution in [0, 0.1) is 0 Å². The maximum atomic E-state index is 11.8. The van der Waals surface area contributed by atoms with Crippen molar-refractivity contribution in [3.8, 4) is 0 Å². The zero-order valence-electron chi connectivity index (χ0n) is 9.90. The van der Waals surface area contributed by atoms with Gasteiger partial charge < -0.3 is 5.32 Å². The molecule has 0 heterocycles. The summed E-state index contributed by atoms with van der Waals surface area (Å²) >= 11 is 3.30. The summed E-state index contributed by atoms with van der Waals surface area (Å²) in [5.41, 5.74) is 0.567. The standard InChI is InChI=1S/C11H17BrN2O2S/c1-9(2)13-7-8-17(15,16)14-11-6-4-3-5-10(11)12/h3-6,9,13-14H,7-8H2,1-2H3. The lowest BCUT2D eigenvalue weighted by Crippen LogP contribution is -2.31. The molecule has 0 radical (unpaired) electrons. The van der Waals surface area contributed by atoms with Gasteiger partial charge in [0.2, 0.25) is 10.0 Å². The minimum Gasteiger partial charge on any atom is -0.313 e. The van der Waals surface area contributed by atoms with E-state index in [9.17, 15) is 8.42 Å². The summed E-state index contributed by atoms with van der Waals surface area (Å²) in [6.45, 7) is 4.40. The third kappa shape index (κ3) is 5.52. The minimum absolute atomic E-state index is 0.0620. The van der Waals surface area contributed by atoms with Gasteiger partial charge in [0.05, 0.1) is 11.4 Å². The van der Waals surface area contributed by atoms with Crippen molar-refractivity contribution >= 4 is 31.6 Å². The number of rotatable bonds is 6. The van der Waals surface area contributed by atoms with Crippen LogP contribution in [0.15, 0.2) is 28.7 Å². The Bertz CT molecular complexity index is 460. The molecule has 0 aliphatic carbocycles. The molecule has 0 amide bonds. The van der Waals surface area contributed by atoms with E-state index in [4.69, 9.17) is 0 Å². The van der Waals surface area contributed by atoms with Crippen LogP contribution in [0.4, 0.5) is 5.69 Å². The Balaban J connectivity index is 2.58. The average Bonchev–Trinajstić information content (AvgIpc) is 2.20. The van der Waals surface area contributed by atoms with Gasteiger partial charge in [-0.3, -0.25) is 4.72 Å². The van der Waals surface area contributed by atoms with Crippen molar-refractivity contribution in [2.45, 2.75) is 19.9 Å². The minimum atomic E-state index is -3.30. The fourth-order valence-electron chi connectivity index (χ4n) is 1.24. The van der Waals surface area contributed by atoms with E-state index in [2.05, 4.69) is 26.0 Å². The molecular weight excluding hydrogens is 304 g/mol. The van der Waals surface area contributed by atoms with Gasteiger partial charge >= 0.3 is 0 Å². The highest BCUT2D eigenvalue weighted by atomic mass is 79.9. The summed E-state index contributed by atoms with van der Waals surface area (Å²) < 4.78 is 26.8. The molecule has 0 fully saturated rings. The molecule has 0 aromatic heterocycles. The van der Waals surface area contributed by atoms with E-state index in [1.54, 1.807) is 18.2 Å². The molecule has 0 atom stereocenters. The van der Waals surface area contributed by atoms with E-state index in [1.807, 2.05) is 19.9 Å². The Morgan fingerprint density at radius 2 is 1.94 bits per heavy atom. The van der Waals surface area contributed by atoms with Crippen LogP contribution >= 0.6 is 15.9 Å². The maximum Gasteiger partial charge on any atom is 0.234 e. The maximum absolute atomic E-state index is 11.8. The zero-order valence-corrected chi connectivity index (χ0v) is 12.3. The first-order chi connectivity index (χ1) is 7.91. The summed E-state index contributed by atoms with van der Waals surface area (Å²) in [6, 6.07) is 7.42. The number of benzene rings is 1. The molecule has 2 N–H and O–H groups in total. The normalized spacial score (nSPS) is 11.8. The van der Waals surface area contributed by atoms with Gasteiger partial charge in [0, 0.05) is 17.1 Å². The van der Waals surface area contributed by atoms with E-state index in [0.29, 0.717) is 12.2 Å². The molecule has 17 heavy (non-hydrogen) atoms. The monoisotopic (exact) mass is 320 g/mol. The van der Waals surface area contributed by atoms with Crippen LogP contribution < -0.4 is 10.0 Å². The van der Waals surface area contributed by atoms with Crippen molar-refractivity contribution in [3.05, 3.63) is 28.7 Å². The van der Waals surface area contributed by atoms with Gasteiger partial charge in [-0.1, -0.05) is 26.0 Å². The van der Waals surface area contributed by atoms with E-state index >= 15 is 0 Å². The second-order valence-electron chi connectivity index (χ2n) is 4.01. The van der Waals surface area contributed by atoms with E-state index < -0.39 is 10.0 Å². The smallest absolute Gasteiger partial charge is 0.234 e. The van der Waals surface area contributed by atoms with Crippen LogP contribution in [0.2, 0.25) is 0 Å². The van der Waals surface area contributed by atoms with E-state index in [1.165, 1.54) is 0 Å². The molecule has 0 aliphatic heterocycles. The molecule has 1 rings (SSSR count). The topological polar surface area (TPSA) is 58.2 Å². The van der Waals surface area contributed by atoms with Crippen LogP contribution in [0.1, 0.15) is 13.8 Å². The lowest BCUT2D eigenvalue weighted by atomic mass is 10.3. The van der Waals surface area contributed by atoms with Crippen LogP contribution in [0.5, 0.6) is 0 Å². The van der Waals surface area contributed by atoms with Crippen LogP contribution in [-0.4, -0.2) is 26.8 Å². The first kappa shape index (κ1) is 14.5. The lowest BCUT2D eigenvalue weighted by molar-refractivity contribution is 0.582. The van der Waals surface area contributed by atoms with Crippen molar-refractivity contribution in [2.24, 2.45) is 0 Å². The van der Waals surface area contributed by atoms with Gasteiger partial charge in [0.25, 0.3) is 0 Å². The fraction of sp³-hybridized carbons (Fsp3) is 0.455. The second kappa shape index (κ2) is 6.37. The third-order valence-electron chi connectivity index (χ3n) is 2.06. The summed E-state index contributed by atoms with van der Waals surface area (Å²) in [6.07, 6.45) is 0. The Morgan fingerprint density at radius 1 is 1.29 bits per heavy atom. The summed E-state index contributed by atoms with van der Waals surface area (Å²) in [7, 11) is -3.30. The van der Waals surface area contributed by atoms with Crippen molar-refractivity contribution in [1.29, 1.82) is 0 Å². The average molecular weight is 321 g/mol. The third-order valence-corrected chi connectivity index (χ3v) is 4.03. The molecule has 0 unspecified atom stereocenters. The zero-order chi connectivity index (χ0) is 12.9. The first-order valence-electron chi connectivity index (χ1n) is 5.39. The quantitative estimate of drug-likeness (QED) is 0.844.